The number of halogens is 2. The van der Waals surface area contributed by atoms with Crippen molar-refractivity contribution in [3.8, 4) is 0 Å². The van der Waals surface area contributed by atoms with Crippen molar-refractivity contribution >= 4 is 5.78 Å². The van der Waals surface area contributed by atoms with E-state index in [-0.39, 0.29) is 11.3 Å². The number of hydrogen-bond donors (Lipinski definition) is 0. The molecule has 3 nitrogen and oxygen atoms in total. The van der Waals surface area contributed by atoms with Crippen LogP contribution >= 0.6 is 0 Å². The Bertz CT molecular complexity index is 609. The van der Waals surface area contributed by atoms with Crippen molar-refractivity contribution in [3.63, 3.8) is 0 Å². The average Bonchev–Trinajstić information content (AvgIpc) is 2.35. The minimum Gasteiger partial charge on any atom is -0.287 e. The van der Waals surface area contributed by atoms with E-state index >= 15 is 0 Å². The molecule has 5 heteroatoms. The molecular formula is C13H10F2N2O. The first-order chi connectivity index (χ1) is 8.50. The Hall–Kier alpha value is -2.17. The third kappa shape index (κ3) is 2.11. The SMILES string of the molecule is Cc1cnc(C(=O)c2c(F)ccc(C)c2F)cn1. The van der Waals surface area contributed by atoms with Crippen molar-refractivity contribution < 1.29 is 13.6 Å². The maximum Gasteiger partial charge on any atom is 0.218 e. The molecule has 0 aliphatic heterocycles. The maximum absolute atomic E-state index is 13.8. The standard InChI is InChI=1S/C13H10F2N2O/c1-7-3-4-9(14)11(12(7)15)13(18)10-6-16-8(2)5-17-10/h3-6H,1-2H3. The van der Waals surface area contributed by atoms with Gasteiger partial charge < -0.3 is 0 Å². The van der Waals surface area contributed by atoms with Gasteiger partial charge in [-0.1, -0.05) is 6.07 Å². The van der Waals surface area contributed by atoms with Crippen LogP contribution in [0.4, 0.5) is 8.78 Å². The number of hydrogen-bond acceptors (Lipinski definition) is 3. The average molecular weight is 248 g/mol. The molecule has 0 bridgehead atoms. The van der Waals surface area contributed by atoms with Gasteiger partial charge in [0.25, 0.3) is 0 Å². The molecule has 0 atom stereocenters. The molecule has 1 heterocycles. The molecular weight excluding hydrogens is 238 g/mol. The van der Waals surface area contributed by atoms with Gasteiger partial charge in [0.15, 0.2) is 0 Å². The molecule has 1 aromatic carbocycles. The number of carbonyl (C=O) groups excluding carboxylic acids is 1. The molecule has 0 radical (unpaired) electrons. The number of aromatic nitrogens is 2. The van der Waals surface area contributed by atoms with E-state index in [4.69, 9.17) is 0 Å². The molecule has 0 fully saturated rings. The molecule has 18 heavy (non-hydrogen) atoms. The lowest BCUT2D eigenvalue weighted by Gasteiger charge is -2.05. The van der Waals surface area contributed by atoms with Crippen LogP contribution in [-0.2, 0) is 0 Å². The zero-order valence-electron chi connectivity index (χ0n) is 9.87. The van der Waals surface area contributed by atoms with E-state index in [0.717, 1.165) is 6.07 Å². The van der Waals surface area contributed by atoms with Crippen LogP contribution in [0.2, 0.25) is 0 Å². The van der Waals surface area contributed by atoms with E-state index in [9.17, 15) is 13.6 Å². The van der Waals surface area contributed by atoms with Crippen LogP contribution in [0.25, 0.3) is 0 Å². The molecule has 0 aliphatic carbocycles. The Morgan fingerprint density at radius 3 is 2.44 bits per heavy atom. The zero-order chi connectivity index (χ0) is 13.3. The van der Waals surface area contributed by atoms with E-state index in [1.54, 1.807) is 6.92 Å². The largest absolute Gasteiger partial charge is 0.287 e. The molecule has 0 saturated heterocycles. The van der Waals surface area contributed by atoms with Gasteiger partial charge in [0, 0.05) is 6.20 Å². The van der Waals surface area contributed by atoms with Gasteiger partial charge in [-0.25, -0.2) is 13.8 Å². The molecule has 0 amide bonds. The molecule has 2 rings (SSSR count). The Morgan fingerprint density at radius 2 is 1.83 bits per heavy atom. The number of ketones is 1. The van der Waals surface area contributed by atoms with Crippen LogP contribution in [0.5, 0.6) is 0 Å². The minimum atomic E-state index is -0.898. The smallest absolute Gasteiger partial charge is 0.218 e. The topological polar surface area (TPSA) is 42.9 Å². The second-order valence-electron chi connectivity index (χ2n) is 3.93. The van der Waals surface area contributed by atoms with Crippen molar-refractivity contribution in [2.45, 2.75) is 13.8 Å². The summed E-state index contributed by atoms with van der Waals surface area (Å²) >= 11 is 0. The number of aryl methyl sites for hydroxylation is 2. The van der Waals surface area contributed by atoms with E-state index in [1.807, 2.05) is 0 Å². The van der Waals surface area contributed by atoms with Crippen molar-refractivity contribution in [2.75, 3.05) is 0 Å². The second kappa shape index (κ2) is 4.60. The molecule has 0 unspecified atom stereocenters. The molecule has 0 N–H and O–H groups in total. The van der Waals surface area contributed by atoms with E-state index in [1.165, 1.54) is 25.4 Å². The van der Waals surface area contributed by atoms with Crippen LogP contribution in [0.3, 0.4) is 0 Å². The highest BCUT2D eigenvalue weighted by molar-refractivity contribution is 6.08. The minimum absolute atomic E-state index is 0.0796. The summed E-state index contributed by atoms with van der Waals surface area (Å²) in [7, 11) is 0. The third-order valence-corrected chi connectivity index (χ3v) is 2.52. The highest BCUT2D eigenvalue weighted by atomic mass is 19.1. The molecule has 2 aromatic rings. The van der Waals surface area contributed by atoms with Gasteiger partial charge in [-0.3, -0.25) is 9.78 Å². The zero-order valence-corrected chi connectivity index (χ0v) is 9.87. The predicted octanol–water partition coefficient (Wildman–Crippen LogP) is 2.60. The Kier molecular flexibility index (Phi) is 3.14. The summed E-state index contributed by atoms with van der Waals surface area (Å²) in [6.45, 7) is 3.17. The third-order valence-electron chi connectivity index (χ3n) is 2.52. The molecule has 1 aromatic heterocycles. The van der Waals surface area contributed by atoms with Crippen LogP contribution in [0.15, 0.2) is 24.5 Å². The van der Waals surface area contributed by atoms with Gasteiger partial charge in [-0.2, -0.15) is 0 Å². The summed E-state index contributed by atoms with van der Waals surface area (Å²) in [5.74, 6) is -2.56. The summed E-state index contributed by atoms with van der Waals surface area (Å²) in [5.41, 5.74) is 0.161. The first kappa shape index (κ1) is 12.3. The van der Waals surface area contributed by atoms with Gasteiger partial charge in [-0.05, 0) is 25.5 Å². The van der Waals surface area contributed by atoms with Crippen LogP contribution in [-0.4, -0.2) is 15.8 Å². The monoisotopic (exact) mass is 248 g/mol. The van der Waals surface area contributed by atoms with E-state index in [2.05, 4.69) is 9.97 Å². The highest BCUT2D eigenvalue weighted by Crippen LogP contribution is 2.19. The van der Waals surface area contributed by atoms with Crippen LogP contribution in [0.1, 0.15) is 27.3 Å². The lowest BCUT2D eigenvalue weighted by atomic mass is 10.0. The second-order valence-corrected chi connectivity index (χ2v) is 3.93. The summed E-state index contributed by atoms with van der Waals surface area (Å²) in [6, 6.07) is 2.34. The van der Waals surface area contributed by atoms with Crippen molar-refractivity contribution in [1.82, 2.24) is 9.97 Å². The fourth-order valence-electron chi connectivity index (χ4n) is 1.50. The Morgan fingerprint density at radius 1 is 1.11 bits per heavy atom. The first-order valence-electron chi connectivity index (χ1n) is 5.28. The lowest BCUT2D eigenvalue weighted by Crippen LogP contribution is -2.11. The summed E-state index contributed by atoms with van der Waals surface area (Å²) in [5, 5.41) is 0. The predicted molar refractivity (Wildman–Crippen MR) is 61.3 cm³/mol. The van der Waals surface area contributed by atoms with Gasteiger partial charge in [0.1, 0.15) is 17.3 Å². The fourth-order valence-corrected chi connectivity index (χ4v) is 1.50. The molecule has 0 saturated carbocycles. The van der Waals surface area contributed by atoms with Gasteiger partial charge in [-0.15, -0.1) is 0 Å². The Labute approximate surface area is 103 Å². The number of benzene rings is 1. The summed E-state index contributed by atoms with van der Waals surface area (Å²) in [4.78, 5) is 19.7. The fraction of sp³-hybridized carbons (Fsp3) is 0.154. The summed E-state index contributed by atoms with van der Waals surface area (Å²) < 4.78 is 27.3. The summed E-state index contributed by atoms with van der Waals surface area (Å²) in [6.07, 6.45) is 2.58. The van der Waals surface area contributed by atoms with E-state index in [0.29, 0.717) is 5.69 Å². The molecule has 0 aliphatic rings. The van der Waals surface area contributed by atoms with Gasteiger partial charge in [0.2, 0.25) is 5.78 Å². The van der Waals surface area contributed by atoms with Crippen molar-refractivity contribution in [3.05, 3.63) is 58.7 Å². The van der Waals surface area contributed by atoms with Crippen LogP contribution in [0, 0.1) is 25.5 Å². The lowest BCUT2D eigenvalue weighted by molar-refractivity contribution is 0.102. The first-order valence-corrected chi connectivity index (χ1v) is 5.28. The quantitative estimate of drug-likeness (QED) is 0.767. The highest BCUT2D eigenvalue weighted by Gasteiger charge is 2.21. The Balaban J connectivity index is 2.52. The molecule has 92 valence electrons. The normalized spacial score (nSPS) is 10.4. The molecule has 0 spiro atoms. The van der Waals surface area contributed by atoms with Crippen molar-refractivity contribution in [2.24, 2.45) is 0 Å². The maximum atomic E-state index is 13.8. The number of nitrogens with zero attached hydrogens (tertiary/aromatic N) is 2. The van der Waals surface area contributed by atoms with Crippen molar-refractivity contribution in [1.29, 1.82) is 0 Å². The van der Waals surface area contributed by atoms with Gasteiger partial charge >= 0.3 is 0 Å². The van der Waals surface area contributed by atoms with E-state index < -0.39 is 23.0 Å². The van der Waals surface area contributed by atoms with Gasteiger partial charge in [0.05, 0.1) is 17.5 Å². The number of rotatable bonds is 2. The van der Waals surface area contributed by atoms with Crippen LogP contribution < -0.4 is 0 Å². The number of carbonyl (C=O) groups is 1.